The van der Waals surface area contributed by atoms with E-state index in [1.165, 1.54) is 40.7 Å². The van der Waals surface area contributed by atoms with E-state index in [2.05, 4.69) is 0 Å². The first-order valence-electron chi connectivity index (χ1n) is 9.85. The molecule has 0 amide bonds. The Morgan fingerprint density at radius 1 is 0.906 bits per heavy atom. The minimum Gasteiger partial charge on any atom is -0.493 e. The van der Waals surface area contributed by atoms with Gasteiger partial charge in [-0.05, 0) is 36.4 Å². The van der Waals surface area contributed by atoms with Crippen molar-refractivity contribution in [2.75, 3.05) is 32.6 Å². The van der Waals surface area contributed by atoms with Crippen molar-refractivity contribution in [1.82, 2.24) is 4.31 Å². The number of ether oxygens (including phenoxy) is 2. The summed E-state index contributed by atoms with van der Waals surface area (Å²) in [6.45, 7) is 4.22. The highest BCUT2D eigenvalue weighted by Crippen LogP contribution is 2.31. The molecule has 0 saturated heterocycles. The van der Waals surface area contributed by atoms with Gasteiger partial charge in [0.1, 0.15) is 5.75 Å². The van der Waals surface area contributed by atoms with Crippen LogP contribution in [0.25, 0.3) is 0 Å². The number of nitro benzene ring substituents is 1. The van der Waals surface area contributed by atoms with Crippen LogP contribution in [0.15, 0.2) is 52.3 Å². The number of benzene rings is 2. The van der Waals surface area contributed by atoms with E-state index < -0.39 is 30.5 Å². The van der Waals surface area contributed by atoms with Crippen LogP contribution in [-0.4, -0.2) is 58.6 Å². The van der Waals surface area contributed by atoms with Crippen molar-refractivity contribution in [3.8, 4) is 11.5 Å². The maximum absolute atomic E-state index is 12.6. The van der Waals surface area contributed by atoms with E-state index in [1.807, 2.05) is 0 Å². The lowest BCUT2D eigenvalue weighted by Gasteiger charge is -2.18. The van der Waals surface area contributed by atoms with Crippen molar-refractivity contribution in [1.29, 1.82) is 0 Å². The van der Waals surface area contributed by atoms with Crippen molar-refractivity contribution < 1.29 is 31.2 Å². The van der Waals surface area contributed by atoms with E-state index in [9.17, 15) is 26.9 Å². The molecule has 0 aliphatic heterocycles. The van der Waals surface area contributed by atoms with Crippen molar-refractivity contribution in [2.45, 2.75) is 30.1 Å². The third kappa shape index (κ3) is 6.40. The second kappa shape index (κ2) is 10.7. The van der Waals surface area contributed by atoms with Crippen molar-refractivity contribution in [3.63, 3.8) is 0 Å². The predicted octanol–water partition coefficient (Wildman–Crippen LogP) is 2.88. The summed E-state index contributed by atoms with van der Waals surface area (Å²) in [4.78, 5) is 10.8. The number of rotatable bonds is 12. The number of nitro groups is 1. The smallest absolute Gasteiger partial charge is 0.312 e. The van der Waals surface area contributed by atoms with E-state index in [0.29, 0.717) is 12.2 Å². The molecule has 0 unspecified atom stereocenters. The van der Waals surface area contributed by atoms with Gasteiger partial charge in [-0.15, -0.1) is 0 Å². The summed E-state index contributed by atoms with van der Waals surface area (Å²) in [5.74, 6) is 0.445. The zero-order valence-corrected chi connectivity index (χ0v) is 19.7. The summed E-state index contributed by atoms with van der Waals surface area (Å²) < 4.78 is 60.3. The second-order valence-corrected chi connectivity index (χ2v) is 10.7. The molecule has 2 aromatic carbocycles. The molecule has 0 atom stereocenters. The molecule has 0 aliphatic rings. The Balaban J connectivity index is 1.99. The maximum atomic E-state index is 12.6. The van der Waals surface area contributed by atoms with Gasteiger partial charge >= 0.3 is 5.69 Å². The molecule has 2 rings (SSSR count). The first-order chi connectivity index (χ1) is 15.0. The van der Waals surface area contributed by atoms with Crippen LogP contribution in [0.1, 0.15) is 20.3 Å². The summed E-state index contributed by atoms with van der Waals surface area (Å²) >= 11 is 0. The average molecular weight is 487 g/mol. The Bertz CT molecular complexity index is 1140. The zero-order valence-electron chi connectivity index (χ0n) is 18.1. The quantitative estimate of drug-likeness (QED) is 0.254. The van der Waals surface area contributed by atoms with Gasteiger partial charge in [0.25, 0.3) is 0 Å². The molecule has 10 nitrogen and oxygen atoms in total. The highest BCUT2D eigenvalue weighted by atomic mass is 32.2. The van der Waals surface area contributed by atoms with Crippen LogP contribution in [0.2, 0.25) is 0 Å². The highest BCUT2D eigenvalue weighted by molar-refractivity contribution is 7.90. The summed E-state index contributed by atoms with van der Waals surface area (Å²) in [6, 6.07) is 9.53. The van der Waals surface area contributed by atoms with E-state index in [4.69, 9.17) is 9.47 Å². The van der Waals surface area contributed by atoms with Crippen LogP contribution in [0, 0.1) is 10.1 Å². The summed E-state index contributed by atoms with van der Waals surface area (Å²) in [5, 5.41) is 11.4. The predicted molar refractivity (Wildman–Crippen MR) is 118 cm³/mol. The van der Waals surface area contributed by atoms with Crippen LogP contribution in [0.4, 0.5) is 5.69 Å². The van der Waals surface area contributed by atoms with Crippen LogP contribution >= 0.6 is 0 Å². The van der Waals surface area contributed by atoms with Gasteiger partial charge in [0, 0.05) is 31.8 Å². The SMILES string of the molecule is CCN(CC)S(=O)(=O)c1ccc(OCCCOc2ccc(S(C)(=O)=O)cc2)c([N+](=O)[O-])c1. The third-order valence-electron chi connectivity index (χ3n) is 4.54. The van der Waals surface area contributed by atoms with E-state index in [-0.39, 0.29) is 41.8 Å². The number of sulfone groups is 1. The monoisotopic (exact) mass is 486 g/mol. The van der Waals surface area contributed by atoms with Gasteiger partial charge in [-0.3, -0.25) is 10.1 Å². The summed E-state index contributed by atoms with van der Waals surface area (Å²) in [7, 11) is -7.11. The maximum Gasteiger partial charge on any atom is 0.312 e. The lowest BCUT2D eigenvalue weighted by molar-refractivity contribution is -0.386. The summed E-state index contributed by atoms with van der Waals surface area (Å²) in [5.41, 5.74) is -0.435. The number of hydrogen-bond donors (Lipinski definition) is 0. The molecule has 2 aromatic rings. The van der Waals surface area contributed by atoms with Crippen molar-refractivity contribution >= 4 is 25.5 Å². The number of hydrogen-bond acceptors (Lipinski definition) is 8. The third-order valence-corrected chi connectivity index (χ3v) is 7.71. The number of nitrogens with zero attached hydrogens (tertiary/aromatic N) is 2. The lowest BCUT2D eigenvalue weighted by Crippen LogP contribution is -2.30. The molecule has 0 heterocycles. The number of sulfonamides is 1. The second-order valence-electron chi connectivity index (χ2n) is 6.77. The molecular weight excluding hydrogens is 460 g/mol. The first kappa shape index (κ1) is 25.6. The fraction of sp³-hybridized carbons (Fsp3) is 0.400. The largest absolute Gasteiger partial charge is 0.493 e. The molecule has 0 N–H and O–H groups in total. The minimum absolute atomic E-state index is 0.0361. The fourth-order valence-corrected chi connectivity index (χ4v) is 4.96. The van der Waals surface area contributed by atoms with Gasteiger partial charge in [-0.2, -0.15) is 4.31 Å². The normalized spacial score (nSPS) is 12.0. The van der Waals surface area contributed by atoms with Gasteiger partial charge in [0.05, 0.1) is 27.9 Å². The van der Waals surface area contributed by atoms with Gasteiger partial charge in [0.2, 0.25) is 10.0 Å². The standard InChI is InChI=1S/C20H26N2O8S2/c1-4-21(5-2)32(27,28)18-11-12-20(19(15-18)22(23)24)30-14-6-13-29-16-7-9-17(10-8-16)31(3,25)26/h7-12,15H,4-6,13-14H2,1-3H3. The molecular formula is C20H26N2O8S2. The van der Waals surface area contributed by atoms with Gasteiger partial charge in [-0.1, -0.05) is 13.8 Å². The molecule has 12 heteroatoms. The van der Waals surface area contributed by atoms with Crippen molar-refractivity contribution in [2.24, 2.45) is 0 Å². The summed E-state index contributed by atoms with van der Waals surface area (Å²) in [6.07, 6.45) is 1.51. The van der Waals surface area contributed by atoms with Gasteiger partial charge < -0.3 is 9.47 Å². The molecule has 0 spiro atoms. The average Bonchev–Trinajstić information content (AvgIpc) is 2.73. The fourth-order valence-electron chi connectivity index (χ4n) is 2.85. The molecule has 0 aliphatic carbocycles. The molecule has 0 bridgehead atoms. The highest BCUT2D eigenvalue weighted by Gasteiger charge is 2.26. The zero-order chi connectivity index (χ0) is 23.9. The minimum atomic E-state index is -3.83. The Morgan fingerprint density at radius 3 is 2.00 bits per heavy atom. The van der Waals surface area contributed by atoms with Gasteiger partial charge in [0.15, 0.2) is 15.6 Å². The molecule has 0 fully saturated rings. The molecule has 0 aromatic heterocycles. The molecule has 0 radical (unpaired) electrons. The van der Waals surface area contributed by atoms with Crippen LogP contribution in [-0.2, 0) is 19.9 Å². The Labute approximate surface area is 187 Å². The molecule has 176 valence electrons. The van der Waals surface area contributed by atoms with Crippen LogP contribution in [0.3, 0.4) is 0 Å². The van der Waals surface area contributed by atoms with Gasteiger partial charge in [-0.25, -0.2) is 16.8 Å². The Kier molecular flexibility index (Phi) is 8.58. The topological polar surface area (TPSA) is 133 Å². The molecule has 0 saturated carbocycles. The van der Waals surface area contributed by atoms with Crippen molar-refractivity contribution in [3.05, 3.63) is 52.6 Å². The first-order valence-corrected chi connectivity index (χ1v) is 13.2. The lowest BCUT2D eigenvalue weighted by atomic mass is 10.3. The van der Waals surface area contributed by atoms with E-state index in [0.717, 1.165) is 12.3 Å². The molecule has 32 heavy (non-hydrogen) atoms. The Morgan fingerprint density at radius 2 is 1.47 bits per heavy atom. The van der Waals surface area contributed by atoms with E-state index >= 15 is 0 Å². The van der Waals surface area contributed by atoms with Crippen LogP contribution < -0.4 is 9.47 Å². The van der Waals surface area contributed by atoms with E-state index in [1.54, 1.807) is 13.8 Å². The van der Waals surface area contributed by atoms with Crippen LogP contribution in [0.5, 0.6) is 11.5 Å². The Hall–Kier alpha value is -2.70.